The van der Waals surface area contributed by atoms with Gasteiger partial charge in [-0.1, -0.05) is 0 Å². The fraction of sp³-hybridized carbons (Fsp3) is 0. The van der Waals surface area contributed by atoms with Crippen LogP contribution < -0.4 is 39.8 Å². The van der Waals surface area contributed by atoms with Gasteiger partial charge < -0.3 is 15.0 Å². The Morgan fingerprint density at radius 2 is 1.33 bits per heavy atom. The van der Waals surface area contributed by atoms with E-state index in [1.54, 1.807) is 0 Å². The molecule has 0 aromatic heterocycles. The van der Waals surface area contributed by atoms with E-state index in [0.29, 0.717) is 0 Å². The number of hydrogen-bond acceptors (Lipinski definition) is 3. The van der Waals surface area contributed by atoms with E-state index in [0.717, 1.165) is 0 Å². The van der Waals surface area contributed by atoms with E-state index in [-0.39, 0.29) is 51.3 Å². The summed E-state index contributed by atoms with van der Waals surface area (Å²) in [4.78, 5) is 8.33. The van der Waals surface area contributed by atoms with Crippen LogP contribution in [0.1, 0.15) is 0 Å². The van der Waals surface area contributed by atoms with Crippen LogP contribution in [0.2, 0.25) is 0 Å². The van der Waals surface area contributed by atoms with Gasteiger partial charge in [-0.25, -0.2) is 0 Å². The topological polar surface area (TPSA) is 63.2 Å². The van der Waals surface area contributed by atoms with Crippen LogP contribution in [0.5, 0.6) is 0 Å². The molecule has 0 heterocycles. The zero-order valence-electron chi connectivity index (χ0n) is 3.22. The molecule has 0 amide bonds. The first-order chi connectivity index (χ1) is 1.73. The summed E-state index contributed by atoms with van der Waals surface area (Å²) >= 11 is 0. The van der Waals surface area contributed by atoms with Crippen LogP contribution in [-0.4, -0.2) is 6.16 Å². The third-order valence-electron chi connectivity index (χ3n) is 0. The molecule has 0 radical (unpaired) electrons. The van der Waals surface area contributed by atoms with Crippen LogP contribution in [0.15, 0.2) is 0 Å². The molecule has 0 fully saturated rings. The van der Waals surface area contributed by atoms with Gasteiger partial charge in [0.25, 0.3) is 0 Å². The fourth-order valence-corrected chi connectivity index (χ4v) is 0. The van der Waals surface area contributed by atoms with Gasteiger partial charge in [0.1, 0.15) is 0 Å². The zero-order chi connectivity index (χ0) is 3.58. The van der Waals surface area contributed by atoms with Crippen molar-refractivity contribution in [2.24, 2.45) is 0 Å². The molecular formula is CNaO3Ti+3. The van der Waals surface area contributed by atoms with Crippen LogP contribution in [-0.2, 0) is 21.7 Å². The molecule has 0 atom stereocenters. The Hall–Kier alpha value is 0.984. The van der Waals surface area contributed by atoms with Gasteiger partial charge in [-0.2, -0.15) is 0 Å². The Balaban J connectivity index is -0.0000000450. The van der Waals surface area contributed by atoms with Crippen molar-refractivity contribution in [3.05, 3.63) is 0 Å². The van der Waals surface area contributed by atoms with Crippen molar-refractivity contribution in [2.45, 2.75) is 0 Å². The third kappa shape index (κ3) is 81.7. The van der Waals surface area contributed by atoms with Crippen molar-refractivity contribution < 1.29 is 66.3 Å². The predicted molar refractivity (Wildman–Crippen MR) is 5.40 cm³/mol. The largest absolute Gasteiger partial charge is 4.00 e. The molecular weight excluding hydrogens is 131 g/mol. The summed E-state index contributed by atoms with van der Waals surface area (Å²) in [6.45, 7) is 0. The molecule has 24 valence electrons. The quantitative estimate of drug-likeness (QED) is 0.308. The van der Waals surface area contributed by atoms with E-state index in [2.05, 4.69) is 0 Å². The van der Waals surface area contributed by atoms with Crippen LogP contribution in [0, 0.1) is 0 Å². The SMILES string of the molecule is O=C([O-])[O-].[Na+].[Ti+4]. The Bertz CT molecular complexity index is 33.8. The summed E-state index contributed by atoms with van der Waals surface area (Å²) in [6, 6.07) is 0. The molecule has 0 unspecified atom stereocenters. The van der Waals surface area contributed by atoms with Crippen molar-refractivity contribution in [3.8, 4) is 0 Å². The second kappa shape index (κ2) is 9.37. The summed E-state index contributed by atoms with van der Waals surface area (Å²) in [7, 11) is 0. The van der Waals surface area contributed by atoms with Crippen LogP contribution >= 0.6 is 0 Å². The predicted octanol–water partition coefficient (Wildman–Crippen LogP) is -5.45. The maximum atomic E-state index is 8.33. The number of carboxylic acid groups (broad SMARTS) is 2. The molecule has 3 nitrogen and oxygen atoms in total. The van der Waals surface area contributed by atoms with Gasteiger partial charge in [0.2, 0.25) is 0 Å². The van der Waals surface area contributed by atoms with Gasteiger partial charge in [0.15, 0.2) is 0 Å². The molecule has 0 aliphatic heterocycles. The van der Waals surface area contributed by atoms with E-state index in [4.69, 9.17) is 15.0 Å². The Morgan fingerprint density at radius 3 is 1.33 bits per heavy atom. The van der Waals surface area contributed by atoms with Crippen molar-refractivity contribution >= 4 is 6.16 Å². The summed E-state index contributed by atoms with van der Waals surface area (Å²) in [5, 5.41) is 16.7. The molecule has 0 N–H and O–H groups in total. The van der Waals surface area contributed by atoms with Crippen LogP contribution in [0.4, 0.5) is 4.79 Å². The molecule has 0 aromatic carbocycles. The fourth-order valence-electron chi connectivity index (χ4n) is 0. The van der Waals surface area contributed by atoms with Crippen molar-refractivity contribution in [3.63, 3.8) is 0 Å². The molecule has 0 saturated heterocycles. The molecule has 0 aromatic rings. The molecule has 0 bridgehead atoms. The van der Waals surface area contributed by atoms with Crippen molar-refractivity contribution in [2.75, 3.05) is 0 Å². The minimum atomic E-state index is -2.33. The van der Waals surface area contributed by atoms with Crippen LogP contribution in [0.3, 0.4) is 0 Å². The first kappa shape index (κ1) is 15.8. The van der Waals surface area contributed by atoms with Crippen molar-refractivity contribution in [1.29, 1.82) is 0 Å². The van der Waals surface area contributed by atoms with Crippen LogP contribution in [0.25, 0.3) is 0 Å². The maximum Gasteiger partial charge on any atom is 4.00 e. The van der Waals surface area contributed by atoms with E-state index in [9.17, 15) is 0 Å². The second-order valence-corrected chi connectivity index (χ2v) is 0.250. The standard InChI is InChI=1S/CH2O3.Na.Ti/c2-1(3)4;;/h(H2,2,3,4);;/q;+1;+4/p-2. The Labute approximate surface area is 71.9 Å². The van der Waals surface area contributed by atoms with Gasteiger partial charge in [-0.3, -0.25) is 0 Å². The Kier molecular flexibility index (Phi) is 24.6. The maximum absolute atomic E-state index is 8.33. The monoisotopic (exact) mass is 131 g/mol. The smallest absolute Gasteiger partial charge is 0.652 e. The average molecular weight is 131 g/mol. The second-order valence-electron chi connectivity index (χ2n) is 0.250. The summed E-state index contributed by atoms with van der Waals surface area (Å²) < 4.78 is 0. The first-order valence-corrected chi connectivity index (χ1v) is 0.612. The normalized spacial score (nSPS) is 4.00. The van der Waals surface area contributed by atoms with E-state index in [1.807, 2.05) is 0 Å². The molecule has 6 heavy (non-hydrogen) atoms. The number of carbonyl (C=O) groups is 1. The van der Waals surface area contributed by atoms with E-state index >= 15 is 0 Å². The first-order valence-electron chi connectivity index (χ1n) is 0.612. The average Bonchev–Trinajstić information content (AvgIpc) is 0.811. The van der Waals surface area contributed by atoms with Gasteiger partial charge >= 0.3 is 51.3 Å². The van der Waals surface area contributed by atoms with Gasteiger partial charge in [-0.05, 0) is 6.16 Å². The number of carbonyl (C=O) groups excluding carboxylic acids is 1. The van der Waals surface area contributed by atoms with Gasteiger partial charge in [0.05, 0.1) is 0 Å². The summed E-state index contributed by atoms with van der Waals surface area (Å²) in [6.07, 6.45) is -2.33. The minimum absolute atomic E-state index is 0. The molecule has 0 saturated carbocycles. The molecule has 5 heteroatoms. The molecule has 0 rings (SSSR count). The zero-order valence-corrected chi connectivity index (χ0v) is 6.79. The molecule has 0 aliphatic carbocycles. The Morgan fingerprint density at radius 1 is 1.33 bits per heavy atom. The molecule has 0 aliphatic rings. The van der Waals surface area contributed by atoms with Gasteiger partial charge in [-0.15, -0.1) is 0 Å². The number of hydrogen-bond donors (Lipinski definition) is 0. The summed E-state index contributed by atoms with van der Waals surface area (Å²) in [5.74, 6) is 0. The van der Waals surface area contributed by atoms with E-state index in [1.165, 1.54) is 0 Å². The summed E-state index contributed by atoms with van der Waals surface area (Å²) in [5.41, 5.74) is 0. The number of rotatable bonds is 0. The molecule has 0 spiro atoms. The van der Waals surface area contributed by atoms with Crippen molar-refractivity contribution in [1.82, 2.24) is 0 Å². The minimum Gasteiger partial charge on any atom is -0.652 e. The van der Waals surface area contributed by atoms with E-state index < -0.39 is 6.16 Å². The van der Waals surface area contributed by atoms with Gasteiger partial charge in [0, 0.05) is 0 Å². The third-order valence-corrected chi connectivity index (χ3v) is 0.